The van der Waals surface area contributed by atoms with E-state index >= 15 is 0 Å². The molecule has 0 saturated heterocycles. The van der Waals surface area contributed by atoms with E-state index in [1.807, 2.05) is 43.5 Å². The summed E-state index contributed by atoms with van der Waals surface area (Å²) in [6.45, 7) is 4.88. The molecule has 0 fully saturated rings. The van der Waals surface area contributed by atoms with Gasteiger partial charge in [0.1, 0.15) is 0 Å². The zero-order valence-corrected chi connectivity index (χ0v) is 13.0. The molecule has 2 aromatic heterocycles. The summed E-state index contributed by atoms with van der Waals surface area (Å²) in [7, 11) is 2.08. The molecule has 0 aliphatic rings. The van der Waals surface area contributed by atoms with E-state index in [4.69, 9.17) is 5.73 Å². The van der Waals surface area contributed by atoms with Gasteiger partial charge in [-0.1, -0.05) is 19.1 Å². The molecule has 4 heteroatoms. The minimum atomic E-state index is 0.0507. The van der Waals surface area contributed by atoms with Gasteiger partial charge in [-0.15, -0.1) is 0 Å². The number of nitrogens with zero attached hydrogens (tertiary/aromatic N) is 3. The monoisotopic (exact) mass is 284 g/mol. The van der Waals surface area contributed by atoms with Crippen molar-refractivity contribution in [2.24, 2.45) is 5.73 Å². The number of hydrogen-bond donors (Lipinski definition) is 1. The van der Waals surface area contributed by atoms with Crippen molar-refractivity contribution in [3.05, 3.63) is 59.7 Å². The summed E-state index contributed by atoms with van der Waals surface area (Å²) < 4.78 is 0. The van der Waals surface area contributed by atoms with Crippen LogP contribution in [0.3, 0.4) is 0 Å². The van der Waals surface area contributed by atoms with Gasteiger partial charge in [-0.2, -0.15) is 0 Å². The fraction of sp³-hybridized carbons (Fsp3) is 0.412. The van der Waals surface area contributed by atoms with E-state index in [1.165, 1.54) is 0 Å². The van der Waals surface area contributed by atoms with Crippen molar-refractivity contribution < 1.29 is 0 Å². The van der Waals surface area contributed by atoms with E-state index in [9.17, 15) is 0 Å². The maximum absolute atomic E-state index is 6.33. The first kappa shape index (κ1) is 15.6. The number of hydrogen-bond acceptors (Lipinski definition) is 4. The molecule has 0 aromatic carbocycles. The second-order valence-corrected chi connectivity index (χ2v) is 5.46. The molecule has 2 rings (SSSR count). The third-order valence-electron chi connectivity index (χ3n) is 3.70. The Labute approximate surface area is 127 Å². The Bertz CT molecular complexity index is 556. The highest BCUT2D eigenvalue weighted by atomic mass is 15.2. The molecule has 0 spiro atoms. The molecule has 112 valence electrons. The first-order chi connectivity index (χ1) is 10.1. The smallest absolute Gasteiger partial charge is 0.0674 e. The lowest BCUT2D eigenvalue weighted by Gasteiger charge is -2.31. The van der Waals surface area contributed by atoms with Crippen molar-refractivity contribution in [1.82, 2.24) is 14.9 Å². The quantitative estimate of drug-likeness (QED) is 0.886. The lowest BCUT2D eigenvalue weighted by Crippen LogP contribution is -2.39. The number of nitrogens with two attached hydrogens (primary N) is 1. The number of aromatic nitrogens is 2. The van der Waals surface area contributed by atoms with Crippen molar-refractivity contribution in [2.45, 2.75) is 38.9 Å². The Kier molecular flexibility index (Phi) is 5.42. The van der Waals surface area contributed by atoms with Gasteiger partial charge in [0, 0.05) is 24.5 Å². The largest absolute Gasteiger partial charge is 0.326 e. The van der Waals surface area contributed by atoms with Crippen molar-refractivity contribution in [2.75, 3.05) is 7.05 Å². The summed E-state index contributed by atoms with van der Waals surface area (Å²) in [5.41, 5.74) is 9.44. The topological polar surface area (TPSA) is 55.0 Å². The van der Waals surface area contributed by atoms with Crippen molar-refractivity contribution >= 4 is 0 Å². The van der Waals surface area contributed by atoms with E-state index in [0.717, 1.165) is 30.0 Å². The Balaban J connectivity index is 2.20. The predicted octanol–water partition coefficient (Wildman–Crippen LogP) is 2.70. The molecule has 21 heavy (non-hydrogen) atoms. The number of likely N-dealkylation sites (N-methyl/N-ethyl adjacent to an activating group) is 1. The highest BCUT2D eigenvalue weighted by molar-refractivity contribution is 5.13. The van der Waals surface area contributed by atoms with Gasteiger partial charge in [-0.25, -0.2) is 0 Å². The number of pyridine rings is 2. The van der Waals surface area contributed by atoms with Crippen LogP contribution in [0.15, 0.2) is 42.6 Å². The van der Waals surface area contributed by atoms with Crippen LogP contribution in [0.1, 0.15) is 36.5 Å². The van der Waals surface area contributed by atoms with Crippen molar-refractivity contribution in [1.29, 1.82) is 0 Å². The third kappa shape index (κ3) is 4.09. The van der Waals surface area contributed by atoms with Crippen LogP contribution in [0.4, 0.5) is 0 Å². The summed E-state index contributed by atoms with van der Waals surface area (Å²) in [4.78, 5) is 11.3. The Morgan fingerprint density at radius 3 is 2.62 bits per heavy atom. The average Bonchev–Trinajstić information content (AvgIpc) is 2.48. The van der Waals surface area contributed by atoms with Crippen molar-refractivity contribution in [3.63, 3.8) is 0 Å². The van der Waals surface area contributed by atoms with Gasteiger partial charge in [0.05, 0.1) is 17.4 Å². The summed E-state index contributed by atoms with van der Waals surface area (Å²) in [6, 6.07) is 12.2. The molecule has 2 unspecified atom stereocenters. The van der Waals surface area contributed by atoms with Gasteiger partial charge < -0.3 is 5.73 Å². The second-order valence-electron chi connectivity index (χ2n) is 5.46. The molecule has 2 atom stereocenters. The minimum absolute atomic E-state index is 0.0507. The van der Waals surface area contributed by atoms with Gasteiger partial charge in [-0.3, -0.25) is 14.9 Å². The van der Waals surface area contributed by atoms with Crippen LogP contribution in [0, 0.1) is 6.92 Å². The van der Waals surface area contributed by atoms with E-state index in [2.05, 4.69) is 34.9 Å². The molecule has 0 aliphatic carbocycles. The molecule has 4 nitrogen and oxygen atoms in total. The van der Waals surface area contributed by atoms with Gasteiger partial charge in [0.2, 0.25) is 0 Å². The molecule has 2 N–H and O–H groups in total. The van der Waals surface area contributed by atoms with E-state index in [1.54, 1.807) is 0 Å². The first-order valence-corrected chi connectivity index (χ1v) is 7.41. The Hall–Kier alpha value is -1.78. The predicted molar refractivity (Wildman–Crippen MR) is 85.7 cm³/mol. The number of rotatable bonds is 6. The molecule has 2 aromatic rings. The van der Waals surface area contributed by atoms with E-state index in [-0.39, 0.29) is 12.1 Å². The van der Waals surface area contributed by atoms with Crippen molar-refractivity contribution in [3.8, 4) is 0 Å². The fourth-order valence-electron chi connectivity index (χ4n) is 2.59. The summed E-state index contributed by atoms with van der Waals surface area (Å²) in [6.07, 6.45) is 2.73. The molecule has 0 bridgehead atoms. The lowest BCUT2D eigenvalue weighted by molar-refractivity contribution is 0.195. The molecule has 2 heterocycles. The summed E-state index contributed by atoms with van der Waals surface area (Å²) in [5.74, 6) is 0. The van der Waals surface area contributed by atoms with Gasteiger partial charge in [0.25, 0.3) is 0 Å². The SMILES string of the molecule is CCC(N)C(c1ccccn1)N(C)Cc1cccc(C)n1. The second kappa shape index (κ2) is 7.29. The van der Waals surface area contributed by atoms with Crippen LogP contribution < -0.4 is 5.73 Å². The van der Waals surface area contributed by atoms with E-state index < -0.39 is 0 Å². The molecule has 0 saturated carbocycles. The third-order valence-corrected chi connectivity index (χ3v) is 3.70. The van der Waals surface area contributed by atoms with Crippen LogP contribution in [0.25, 0.3) is 0 Å². The molecule has 0 amide bonds. The van der Waals surface area contributed by atoms with Crippen LogP contribution in [0.5, 0.6) is 0 Å². The zero-order chi connectivity index (χ0) is 15.2. The van der Waals surface area contributed by atoms with Gasteiger partial charge >= 0.3 is 0 Å². The lowest BCUT2D eigenvalue weighted by atomic mass is 10.0. The summed E-state index contributed by atoms with van der Waals surface area (Å²) in [5, 5.41) is 0. The normalized spacial score (nSPS) is 14.1. The molecular formula is C17H24N4. The highest BCUT2D eigenvalue weighted by Gasteiger charge is 2.24. The van der Waals surface area contributed by atoms with Crippen LogP contribution in [-0.4, -0.2) is 28.0 Å². The standard InChI is InChI=1S/C17H24N4/c1-4-15(18)17(16-10-5-6-11-19-16)21(3)12-14-9-7-8-13(2)20-14/h5-11,15,17H,4,12,18H2,1-3H3. The Morgan fingerprint density at radius 2 is 2.00 bits per heavy atom. The van der Waals surface area contributed by atoms with E-state index in [0.29, 0.717) is 0 Å². The zero-order valence-electron chi connectivity index (χ0n) is 13.0. The molecule has 0 radical (unpaired) electrons. The maximum atomic E-state index is 6.33. The van der Waals surface area contributed by atoms with Crippen LogP contribution in [-0.2, 0) is 6.54 Å². The molecular weight excluding hydrogens is 260 g/mol. The minimum Gasteiger partial charge on any atom is -0.326 e. The van der Waals surface area contributed by atoms with Crippen LogP contribution in [0.2, 0.25) is 0 Å². The molecule has 0 aliphatic heterocycles. The average molecular weight is 284 g/mol. The fourth-order valence-corrected chi connectivity index (χ4v) is 2.59. The summed E-state index contributed by atoms with van der Waals surface area (Å²) >= 11 is 0. The van der Waals surface area contributed by atoms with Gasteiger partial charge in [0.15, 0.2) is 0 Å². The number of aryl methyl sites for hydroxylation is 1. The maximum Gasteiger partial charge on any atom is 0.0674 e. The van der Waals surface area contributed by atoms with Gasteiger partial charge in [-0.05, 0) is 44.7 Å². The highest BCUT2D eigenvalue weighted by Crippen LogP contribution is 2.23. The van der Waals surface area contributed by atoms with Crippen LogP contribution >= 0.6 is 0 Å². The Morgan fingerprint density at radius 1 is 1.19 bits per heavy atom. The first-order valence-electron chi connectivity index (χ1n) is 7.41.